The molecule has 0 fully saturated rings. The smallest absolute Gasteiger partial charge is 0.790 e. The van der Waals surface area contributed by atoms with Crippen LogP contribution >= 0.6 is 7.82 Å². The number of hydrogen-bond donors (Lipinski definition) is 4. The van der Waals surface area contributed by atoms with Gasteiger partial charge >= 0.3 is 88.3 Å². The van der Waals surface area contributed by atoms with E-state index in [4.69, 9.17) is 34.3 Å². The van der Waals surface area contributed by atoms with Crippen LogP contribution in [0.1, 0.15) is 0 Å². The fraction of sp³-hybridized carbons (Fsp3) is 0. The minimum absolute atomic E-state index is 0. The molecule has 0 bridgehead atoms. The maximum atomic E-state index is 8.66. The first-order chi connectivity index (χ1) is 3.73. The van der Waals surface area contributed by atoms with E-state index < -0.39 is 15.1 Å². The Hall–Kier alpha value is 2.69. The fourth-order valence-corrected chi connectivity index (χ4v) is 0. The molecule has 0 aliphatic carbocycles. The summed E-state index contributed by atoms with van der Waals surface area (Å²) in [7, 11) is -7.31. The van der Waals surface area contributed by atoms with Crippen molar-refractivity contribution in [3.8, 4) is 0 Å². The zero-order valence-corrected chi connectivity index (χ0v) is 12.1. The van der Waals surface area contributed by atoms with Crippen LogP contribution in [-0.4, -0.2) is 27.3 Å². The quantitative estimate of drug-likeness (QED) is 0.234. The molecule has 0 atom stereocenters. The number of hydrogen-bond acceptors (Lipinski definition) is 6. The van der Waals surface area contributed by atoms with Crippen LogP contribution in [-0.2, 0) is 4.57 Å². The third-order valence-corrected chi connectivity index (χ3v) is 0. The van der Waals surface area contributed by atoms with Crippen LogP contribution in [0.2, 0.25) is 0 Å². The molecule has 0 aromatic rings. The van der Waals surface area contributed by atoms with Gasteiger partial charge in [-0.05, 0) is 0 Å². The van der Waals surface area contributed by atoms with Crippen molar-refractivity contribution in [1.29, 1.82) is 0 Å². The van der Waals surface area contributed by atoms with Crippen LogP contribution in [0.15, 0.2) is 0 Å². The van der Waals surface area contributed by atoms with E-state index in [9.17, 15) is 0 Å². The summed E-state index contributed by atoms with van der Waals surface area (Å²) in [4.78, 5) is 24.3. The molecule has 0 radical (unpaired) electrons. The SMILES string of the molecule is O=P([O-])([O-])O.OB(O)O.[K+].[Na+]. The summed E-state index contributed by atoms with van der Waals surface area (Å²) in [5.41, 5.74) is 0. The summed E-state index contributed by atoms with van der Waals surface area (Å²) in [6.07, 6.45) is 0. The molecule has 11 heavy (non-hydrogen) atoms. The minimum Gasteiger partial charge on any atom is -0.790 e. The largest absolute Gasteiger partial charge is 1.00 e. The van der Waals surface area contributed by atoms with Crippen molar-refractivity contribution in [2.24, 2.45) is 0 Å². The molecule has 0 aliphatic rings. The Morgan fingerprint density at radius 3 is 1.18 bits per heavy atom. The molecule has 0 saturated carbocycles. The maximum absolute atomic E-state index is 8.66. The Morgan fingerprint density at radius 1 is 1.18 bits per heavy atom. The minimum atomic E-state index is -5.14. The van der Waals surface area contributed by atoms with E-state index in [0.29, 0.717) is 0 Å². The molecule has 7 nitrogen and oxygen atoms in total. The average molecular weight is 220 g/mol. The zero-order valence-electron chi connectivity index (χ0n) is 6.04. The van der Waals surface area contributed by atoms with Gasteiger partial charge in [0.15, 0.2) is 0 Å². The van der Waals surface area contributed by atoms with Gasteiger partial charge in [0.2, 0.25) is 0 Å². The summed E-state index contributed by atoms with van der Waals surface area (Å²) in [6.45, 7) is 0. The van der Waals surface area contributed by atoms with Crippen LogP contribution < -0.4 is 90.7 Å². The molecular weight excluding hydrogens is 216 g/mol. The molecule has 0 aromatic carbocycles. The van der Waals surface area contributed by atoms with Crippen molar-refractivity contribution in [2.75, 3.05) is 0 Å². The van der Waals surface area contributed by atoms with Crippen molar-refractivity contribution < 1.29 is 115 Å². The fourth-order valence-electron chi connectivity index (χ4n) is 0. The molecule has 0 rings (SSSR count). The van der Waals surface area contributed by atoms with Crippen LogP contribution in [0.25, 0.3) is 0 Å². The van der Waals surface area contributed by atoms with Gasteiger partial charge < -0.3 is 34.3 Å². The predicted molar refractivity (Wildman–Crippen MR) is 22.2 cm³/mol. The third-order valence-electron chi connectivity index (χ3n) is 0. The van der Waals surface area contributed by atoms with E-state index >= 15 is 0 Å². The first-order valence-corrected chi connectivity index (χ1v) is 3.02. The normalized spacial score (nSPS) is 7.82. The van der Waals surface area contributed by atoms with Crippen molar-refractivity contribution in [1.82, 2.24) is 0 Å². The molecule has 0 aromatic heterocycles. The zero-order chi connectivity index (χ0) is 8.08. The van der Waals surface area contributed by atoms with Gasteiger partial charge in [-0.2, -0.15) is 0 Å². The van der Waals surface area contributed by atoms with E-state index in [1.54, 1.807) is 0 Å². The van der Waals surface area contributed by atoms with Gasteiger partial charge in [0, 0.05) is 0 Å². The molecule has 4 N–H and O–H groups in total. The first kappa shape index (κ1) is 23.5. The Kier molecular flexibility index (Phi) is 27.1. The molecule has 0 saturated heterocycles. The molecule has 0 amide bonds. The summed E-state index contributed by atoms with van der Waals surface area (Å²) in [5, 5.41) is 21.5. The second-order valence-corrected chi connectivity index (χ2v) is 1.75. The van der Waals surface area contributed by atoms with Gasteiger partial charge in [-0.25, -0.2) is 0 Å². The van der Waals surface area contributed by atoms with Crippen molar-refractivity contribution in [3.63, 3.8) is 0 Å². The van der Waals surface area contributed by atoms with E-state index in [1.807, 2.05) is 0 Å². The van der Waals surface area contributed by atoms with Crippen LogP contribution in [0, 0.1) is 0 Å². The molecule has 0 aliphatic heterocycles. The Labute approximate surface area is 128 Å². The van der Waals surface area contributed by atoms with Gasteiger partial charge in [-0.3, -0.25) is 0 Å². The number of phosphoric acid groups is 1. The standard InChI is InChI=1S/BH3O3.K.Na.H3O4P/c2-1(3)4;;;1-5(2,3)4/h2-4H;;;(H3,1,2,3,4)/q;2*+1;/p-2. The van der Waals surface area contributed by atoms with Gasteiger partial charge in [0.1, 0.15) is 0 Å². The Bertz CT molecular complexity index is 89.6. The molecule has 11 heteroatoms. The van der Waals surface area contributed by atoms with Crippen molar-refractivity contribution in [2.45, 2.75) is 0 Å². The van der Waals surface area contributed by atoms with Gasteiger partial charge in [-0.1, -0.05) is 0 Å². The monoisotopic (exact) mass is 220 g/mol. The third kappa shape index (κ3) is 200. The van der Waals surface area contributed by atoms with E-state index in [2.05, 4.69) is 0 Å². The van der Waals surface area contributed by atoms with Crippen LogP contribution in [0.3, 0.4) is 0 Å². The van der Waals surface area contributed by atoms with Crippen molar-refractivity contribution >= 4 is 15.1 Å². The van der Waals surface area contributed by atoms with E-state index in [1.165, 1.54) is 0 Å². The maximum Gasteiger partial charge on any atom is 1.00 e. The Morgan fingerprint density at radius 2 is 1.18 bits per heavy atom. The summed E-state index contributed by atoms with van der Waals surface area (Å²) in [6, 6.07) is 0. The summed E-state index contributed by atoms with van der Waals surface area (Å²) < 4.78 is 8.66. The molecule has 0 heterocycles. The Balaban J connectivity index is -0.0000000383. The summed E-state index contributed by atoms with van der Waals surface area (Å²) in [5.74, 6) is 0. The predicted octanol–water partition coefficient (Wildman–Crippen LogP) is -10.2. The molecular formula is H4BKNaO7P. The molecule has 0 spiro atoms. The number of rotatable bonds is 0. The topological polar surface area (TPSA) is 144 Å². The van der Waals surface area contributed by atoms with Gasteiger partial charge in [0.05, 0.1) is 7.82 Å². The van der Waals surface area contributed by atoms with Gasteiger partial charge in [-0.15, -0.1) is 0 Å². The average Bonchev–Trinajstić information content (AvgIpc) is 1.19. The van der Waals surface area contributed by atoms with Crippen molar-refractivity contribution in [3.05, 3.63) is 0 Å². The van der Waals surface area contributed by atoms with E-state index in [0.717, 1.165) is 0 Å². The first-order valence-electron chi connectivity index (χ1n) is 1.52. The second-order valence-electron chi connectivity index (χ2n) is 0.815. The van der Waals surface area contributed by atoms with Gasteiger partial charge in [0.25, 0.3) is 0 Å². The molecule has 0 unspecified atom stereocenters. The summed E-state index contributed by atoms with van der Waals surface area (Å²) >= 11 is 0. The van der Waals surface area contributed by atoms with Crippen LogP contribution in [0.5, 0.6) is 0 Å². The van der Waals surface area contributed by atoms with E-state index in [-0.39, 0.29) is 80.9 Å². The second kappa shape index (κ2) is 12.7. The van der Waals surface area contributed by atoms with Crippen LogP contribution in [0.4, 0.5) is 0 Å². The molecule has 56 valence electrons.